The zero-order valence-electron chi connectivity index (χ0n) is 16.7. The standard InChI is InChI=1S/C23H25N3O3/c1-17(8-9-18-6-4-3-5-7-18)25-22(27)15-26-16-24-21(14-23(26)28)19-10-12-20(29-2)13-11-19/h3-7,10-14,16-17H,8-9,15H2,1-2H3,(H,25,27). The van der Waals surface area contributed by atoms with Gasteiger partial charge in [0.25, 0.3) is 5.56 Å². The lowest BCUT2D eigenvalue weighted by Gasteiger charge is -2.14. The Labute approximate surface area is 170 Å². The predicted molar refractivity (Wildman–Crippen MR) is 113 cm³/mol. The van der Waals surface area contributed by atoms with Crippen molar-refractivity contribution in [3.63, 3.8) is 0 Å². The lowest BCUT2D eigenvalue weighted by atomic mass is 10.1. The molecule has 1 amide bonds. The van der Waals surface area contributed by atoms with Crippen LogP contribution in [0.25, 0.3) is 11.3 Å². The molecule has 0 radical (unpaired) electrons. The average molecular weight is 391 g/mol. The molecule has 3 aromatic rings. The molecule has 0 saturated heterocycles. The van der Waals surface area contributed by atoms with Crippen LogP contribution in [0, 0.1) is 0 Å². The summed E-state index contributed by atoms with van der Waals surface area (Å²) in [4.78, 5) is 29.0. The fraction of sp³-hybridized carbons (Fsp3) is 0.261. The van der Waals surface area contributed by atoms with Crippen molar-refractivity contribution >= 4 is 5.91 Å². The number of hydrogen-bond acceptors (Lipinski definition) is 4. The number of nitrogens with one attached hydrogen (secondary N) is 1. The van der Waals surface area contributed by atoms with Crippen LogP contribution in [0.1, 0.15) is 18.9 Å². The van der Waals surface area contributed by atoms with Crippen LogP contribution in [0.15, 0.2) is 71.8 Å². The van der Waals surface area contributed by atoms with Crippen molar-refractivity contribution < 1.29 is 9.53 Å². The van der Waals surface area contributed by atoms with Crippen LogP contribution >= 0.6 is 0 Å². The van der Waals surface area contributed by atoms with E-state index in [2.05, 4.69) is 22.4 Å². The lowest BCUT2D eigenvalue weighted by molar-refractivity contribution is -0.122. The van der Waals surface area contributed by atoms with E-state index in [1.165, 1.54) is 22.5 Å². The Bertz CT molecular complexity index is 998. The number of rotatable bonds is 8. The molecule has 29 heavy (non-hydrogen) atoms. The van der Waals surface area contributed by atoms with Gasteiger partial charge in [0.15, 0.2) is 0 Å². The van der Waals surface area contributed by atoms with E-state index >= 15 is 0 Å². The maximum atomic E-state index is 12.4. The minimum Gasteiger partial charge on any atom is -0.497 e. The van der Waals surface area contributed by atoms with Crippen LogP contribution in [-0.4, -0.2) is 28.6 Å². The minimum atomic E-state index is -0.266. The number of nitrogens with zero attached hydrogens (tertiary/aromatic N) is 2. The highest BCUT2D eigenvalue weighted by Gasteiger charge is 2.10. The molecule has 0 spiro atoms. The van der Waals surface area contributed by atoms with E-state index in [0.29, 0.717) is 5.69 Å². The molecule has 150 valence electrons. The van der Waals surface area contributed by atoms with Crippen LogP contribution in [-0.2, 0) is 17.8 Å². The van der Waals surface area contributed by atoms with Crippen molar-refractivity contribution in [2.45, 2.75) is 32.4 Å². The summed E-state index contributed by atoms with van der Waals surface area (Å²) in [6.07, 6.45) is 3.13. The number of amides is 1. The molecule has 1 unspecified atom stereocenters. The number of hydrogen-bond donors (Lipinski definition) is 1. The lowest BCUT2D eigenvalue weighted by Crippen LogP contribution is -2.37. The Morgan fingerprint density at radius 3 is 2.52 bits per heavy atom. The third-order valence-electron chi connectivity index (χ3n) is 4.70. The molecule has 0 aliphatic rings. The van der Waals surface area contributed by atoms with Crippen LogP contribution in [0.5, 0.6) is 5.75 Å². The van der Waals surface area contributed by atoms with Crippen molar-refractivity contribution in [3.05, 3.63) is 82.9 Å². The molecule has 1 N–H and O–H groups in total. The monoisotopic (exact) mass is 391 g/mol. The topological polar surface area (TPSA) is 73.2 Å². The highest BCUT2D eigenvalue weighted by Crippen LogP contribution is 2.19. The largest absolute Gasteiger partial charge is 0.497 e. The van der Waals surface area contributed by atoms with Crippen LogP contribution < -0.4 is 15.6 Å². The molecule has 6 nitrogen and oxygen atoms in total. The van der Waals surface area contributed by atoms with Crippen molar-refractivity contribution in [1.82, 2.24) is 14.9 Å². The van der Waals surface area contributed by atoms with E-state index in [1.807, 2.05) is 49.4 Å². The van der Waals surface area contributed by atoms with E-state index in [0.717, 1.165) is 24.2 Å². The summed E-state index contributed by atoms with van der Waals surface area (Å²) in [5, 5.41) is 2.94. The van der Waals surface area contributed by atoms with Gasteiger partial charge in [0.2, 0.25) is 5.91 Å². The molecular formula is C23H25N3O3. The molecule has 6 heteroatoms. The molecule has 1 aromatic heterocycles. The summed E-state index contributed by atoms with van der Waals surface area (Å²) in [5.74, 6) is 0.534. The fourth-order valence-corrected chi connectivity index (χ4v) is 3.04. The van der Waals surface area contributed by atoms with Gasteiger partial charge in [-0.15, -0.1) is 0 Å². The van der Waals surface area contributed by atoms with Gasteiger partial charge >= 0.3 is 0 Å². The Balaban J connectivity index is 1.56. The maximum Gasteiger partial charge on any atom is 0.254 e. The molecule has 1 atom stereocenters. The van der Waals surface area contributed by atoms with Gasteiger partial charge in [-0.2, -0.15) is 0 Å². The van der Waals surface area contributed by atoms with E-state index in [1.54, 1.807) is 7.11 Å². The van der Waals surface area contributed by atoms with Crippen molar-refractivity contribution in [3.8, 4) is 17.0 Å². The SMILES string of the molecule is COc1ccc(-c2cc(=O)n(CC(=O)NC(C)CCc3ccccc3)cn2)cc1. The Kier molecular flexibility index (Phi) is 6.79. The molecule has 0 bridgehead atoms. The molecule has 2 aromatic carbocycles. The predicted octanol–water partition coefficient (Wildman–Crippen LogP) is 3.06. The first-order chi connectivity index (χ1) is 14.0. The number of benzene rings is 2. The van der Waals surface area contributed by atoms with E-state index in [4.69, 9.17) is 4.74 Å². The van der Waals surface area contributed by atoms with Crippen LogP contribution in [0.2, 0.25) is 0 Å². The van der Waals surface area contributed by atoms with Gasteiger partial charge in [0.1, 0.15) is 12.3 Å². The number of methoxy groups -OCH3 is 1. The second-order valence-electron chi connectivity index (χ2n) is 6.96. The summed E-state index contributed by atoms with van der Waals surface area (Å²) in [6, 6.07) is 18.9. The highest BCUT2D eigenvalue weighted by atomic mass is 16.5. The Morgan fingerprint density at radius 1 is 1.14 bits per heavy atom. The Morgan fingerprint density at radius 2 is 1.86 bits per heavy atom. The molecule has 0 saturated carbocycles. The van der Waals surface area contributed by atoms with Crippen molar-refractivity contribution in [2.24, 2.45) is 0 Å². The van der Waals surface area contributed by atoms with E-state index in [9.17, 15) is 9.59 Å². The number of ether oxygens (including phenoxy) is 1. The maximum absolute atomic E-state index is 12.4. The van der Waals surface area contributed by atoms with Crippen LogP contribution in [0.3, 0.4) is 0 Å². The number of carbonyl (C=O) groups excluding carboxylic acids is 1. The van der Waals surface area contributed by atoms with Crippen molar-refractivity contribution in [1.29, 1.82) is 0 Å². The molecule has 0 aliphatic heterocycles. The normalized spacial score (nSPS) is 11.7. The van der Waals surface area contributed by atoms with Gasteiger partial charge in [0.05, 0.1) is 19.1 Å². The number of carbonyl (C=O) groups is 1. The van der Waals surface area contributed by atoms with Gasteiger partial charge in [-0.1, -0.05) is 30.3 Å². The van der Waals surface area contributed by atoms with Gasteiger partial charge in [-0.3, -0.25) is 14.2 Å². The summed E-state index contributed by atoms with van der Waals surface area (Å²) < 4.78 is 6.45. The van der Waals surface area contributed by atoms with Gasteiger partial charge in [-0.05, 0) is 49.6 Å². The summed E-state index contributed by atoms with van der Waals surface area (Å²) in [7, 11) is 1.60. The summed E-state index contributed by atoms with van der Waals surface area (Å²) >= 11 is 0. The number of aryl methyl sites for hydroxylation is 1. The molecule has 0 fully saturated rings. The molecule has 1 heterocycles. The number of aromatic nitrogens is 2. The van der Waals surface area contributed by atoms with Gasteiger partial charge in [0, 0.05) is 17.7 Å². The van der Waals surface area contributed by atoms with E-state index < -0.39 is 0 Å². The summed E-state index contributed by atoms with van der Waals surface area (Å²) in [5.41, 5.74) is 2.35. The van der Waals surface area contributed by atoms with Crippen LogP contribution in [0.4, 0.5) is 0 Å². The summed E-state index contributed by atoms with van der Waals surface area (Å²) in [6.45, 7) is 1.92. The zero-order chi connectivity index (χ0) is 20.6. The van der Waals surface area contributed by atoms with Gasteiger partial charge in [-0.25, -0.2) is 4.98 Å². The smallest absolute Gasteiger partial charge is 0.254 e. The second-order valence-corrected chi connectivity index (χ2v) is 6.96. The van der Waals surface area contributed by atoms with E-state index in [-0.39, 0.29) is 24.1 Å². The van der Waals surface area contributed by atoms with Crippen molar-refractivity contribution in [2.75, 3.05) is 7.11 Å². The molecular weight excluding hydrogens is 366 g/mol. The molecule has 0 aliphatic carbocycles. The first-order valence-corrected chi connectivity index (χ1v) is 9.59. The quantitative estimate of drug-likeness (QED) is 0.641. The first kappa shape index (κ1) is 20.3. The average Bonchev–Trinajstić information content (AvgIpc) is 2.74. The fourth-order valence-electron chi connectivity index (χ4n) is 3.04. The highest BCUT2D eigenvalue weighted by molar-refractivity contribution is 5.76. The first-order valence-electron chi connectivity index (χ1n) is 9.59. The zero-order valence-corrected chi connectivity index (χ0v) is 16.7. The molecule has 3 rings (SSSR count). The minimum absolute atomic E-state index is 0.0185. The third-order valence-corrected chi connectivity index (χ3v) is 4.70. The second kappa shape index (κ2) is 9.68. The third kappa shape index (κ3) is 5.78. The van der Waals surface area contributed by atoms with Gasteiger partial charge < -0.3 is 10.1 Å². The Hall–Kier alpha value is -3.41.